The molecule has 1 aliphatic rings. The first kappa shape index (κ1) is 16.0. The number of hydrogen-bond donors (Lipinski definition) is 3. The van der Waals surface area contributed by atoms with Gasteiger partial charge in [0.1, 0.15) is 22.0 Å². The molecule has 3 N–H and O–H groups in total. The fourth-order valence-electron chi connectivity index (χ4n) is 2.74. The maximum absolute atomic E-state index is 12.5. The summed E-state index contributed by atoms with van der Waals surface area (Å²) in [6, 6.07) is -0.597. The second kappa shape index (κ2) is 5.78. The number of furan rings is 1. The number of aliphatic hydroxyl groups is 1. The highest BCUT2D eigenvalue weighted by molar-refractivity contribution is 7.89. The Hall–Kier alpha value is -1.38. The minimum atomic E-state index is -4.06. The molecule has 2 rings (SSSR count). The fourth-order valence-corrected chi connectivity index (χ4v) is 4.45. The molecule has 118 valence electrons. The number of aliphatic hydroxyl groups excluding tert-OH is 1. The Morgan fingerprint density at radius 1 is 1.24 bits per heavy atom. The van der Waals surface area contributed by atoms with E-state index in [0.29, 0.717) is 12.8 Å². The van der Waals surface area contributed by atoms with E-state index in [2.05, 4.69) is 4.72 Å². The average molecular weight is 317 g/mol. The van der Waals surface area contributed by atoms with Crippen molar-refractivity contribution in [2.75, 3.05) is 0 Å². The molecule has 1 saturated carbocycles. The van der Waals surface area contributed by atoms with Crippen molar-refractivity contribution < 1.29 is 27.8 Å². The van der Waals surface area contributed by atoms with Crippen LogP contribution >= 0.6 is 0 Å². The summed E-state index contributed by atoms with van der Waals surface area (Å²) in [6.45, 7) is 2.82. The quantitative estimate of drug-likeness (QED) is 0.767. The molecule has 2 atom stereocenters. The van der Waals surface area contributed by atoms with Crippen molar-refractivity contribution in [3.8, 4) is 0 Å². The molecule has 1 fully saturated rings. The van der Waals surface area contributed by atoms with Crippen LogP contribution in [0.5, 0.6) is 0 Å². The van der Waals surface area contributed by atoms with E-state index in [1.54, 1.807) is 0 Å². The van der Waals surface area contributed by atoms with Gasteiger partial charge in [-0.25, -0.2) is 17.9 Å². The SMILES string of the molecule is Cc1oc(C)c(S(=O)(=O)NC2CCCCC2O)c1C(=O)O. The first-order valence-corrected chi connectivity index (χ1v) is 8.26. The van der Waals surface area contributed by atoms with E-state index in [4.69, 9.17) is 4.42 Å². The molecule has 1 heterocycles. The summed E-state index contributed by atoms with van der Waals surface area (Å²) < 4.78 is 32.5. The van der Waals surface area contributed by atoms with E-state index in [1.807, 2.05) is 0 Å². The van der Waals surface area contributed by atoms with Crippen LogP contribution in [-0.4, -0.2) is 36.7 Å². The molecule has 0 aliphatic heterocycles. The topological polar surface area (TPSA) is 117 Å². The predicted molar refractivity (Wildman–Crippen MR) is 73.7 cm³/mol. The van der Waals surface area contributed by atoms with Crippen LogP contribution in [0.1, 0.15) is 47.6 Å². The maximum Gasteiger partial charge on any atom is 0.340 e. The maximum atomic E-state index is 12.5. The second-order valence-corrected chi connectivity index (χ2v) is 6.95. The Kier molecular flexibility index (Phi) is 4.40. The van der Waals surface area contributed by atoms with Crippen molar-refractivity contribution in [3.05, 3.63) is 17.1 Å². The van der Waals surface area contributed by atoms with Crippen LogP contribution in [-0.2, 0) is 10.0 Å². The number of aromatic carboxylic acids is 1. The number of sulfonamides is 1. The molecule has 2 unspecified atom stereocenters. The number of nitrogens with one attached hydrogen (secondary N) is 1. The van der Waals surface area contributed by atoms with Gasteiger partial charge in [0.25, 0.3) is 0 Å². The third-order valence-electron chi connectivity index (χ3n) is 3.72. The molecule has 21 heavy (non-hydrogen) atoms. The van der Waals surface area contributed by atoms with Crippen LogP contribution in [0.4, 0.5) is 0 Å². The van der Waals surface area contributed by atoms with Gasteiger partial charge in [-0.3, -0.25) is 0 Å². The van der Waals surface area contributed by atoms with Gasteiger partial charge in [0, 0.05) is 6.04 Å². The molecule has 8 heteroatoms. The van der Waals surface area contributed by atoms with Crippen molar-refractivity contribution in [1.82, 2.24) is 4.72 Å². The lowest BCUT2D eigenvalue weighted by molar-refractivity contribution is 0.0691. The largest absolute Gasteiger partial charge is 0.478 e. The van der Waals surface area contributed by atoms with Crippen molar-refractivity contribution in [1.29, 1.82) is 0 Å². The molecule has 0 aromatic carbocycles. The Morgan fingerprint density at radius 3 is 2.43 bits per heavy atom. The first-order valence-electron chi connectivity index (χ1n) is 6.77. The number of carboxylic acids is 1. The second-order valence-electron chi connectivity index (χ2n) is 5.30. The van der Waals surface area contributed by atoms with Gasteiger partial charge in [-0.1, -0.05) is 12.8 Å². The van der Waals surface area contributed by atoms with Crippen LogP contribution in [0.15, 0.2) is 9.31 Å². The molecule has 1 aromatic heterocycles. The summed E-state index contributed by atoms with van der Waals surface area (Å²) in [7, 11) is -4.06. The summed E-state index contributed by atoms with van der Waals surface area (Å²) in [6.07, 6.45) is 1.97. The highest BCUT2D eigenvalue weighted by Crippen LogP contribution is 2.28. The zero-order valence-corrected chi connectivity index (χ0v) is 12.7. The fraction of sp³-hybridized carbons (Fsp3) is 0.615. The highest BCUT2D eigenvalue weighted by Gasteiger charge is 2.34. The zero-order valence-electron chi connectivity index (χ0n) is 11.9. The van der Waals surface area contributed by atoms with Crippen LogP contribution in [0, 0.1) is 13.8 Å². The number of rotatable bonds is 4. The summed E-state index contributed by atoms with van der Waals surface area (Å²) in [4.78, 5) is 10.9. The van der Waals surface area contributed by atoms with Gasteiger partial charge in [0.2, 0.25) is 10.0 Å². The molecule has 7 nitrogen and oxygen atoms in total. The monoisotopic (exact) mass is 317 g/mol. The molecule has 0 bridgehead atoms. The summed E-state index contributed by atoms with van der Waals surface area (Å²) in [5.74, 6) is -1.28. The summed E-state index contributed by atoms with van der Waals surface area (Å²) in [5, 5.41) is 19.0. The van der Waals surface area contributed by atoms with E-state index >= 15 is 0 Å². The van der Waals surface area contributed by atoms with Gasteiger partial charge in [0.05, 0.1) is 6.10 Å². The molecule has 0 saturated heterocycles. The lowest BCUT2D eigenvalue weighted by atomic mass is 9.93. The third-order valence-corrected chi connectivity index (χ3v) is 5.37. The van der Waals surface area contributed by atoms with E-state index < -0.39 is 28.1 Å². The van der Waals surface area contributed by atoms with Crippen LogP contribution in [0.2, 0.25) is 0 Å². The van der Waals surface area contributed by atoms with Gasteiger partial charge in [-0.15, -0.1) is 0 Å². The van der Waals surface area contributed by atoms with Gasteiger partial charge in [-0.05, 0) is 26.7 Å². The van der Waals surface area contributed by atoms with Crippen molar-refractivity contribution in [3.63, 3.8) is 0 Å². The Balaban J connectivity index is 2.38. The van der Waals surface area contributed by atoms with Crippen molar-refractivity contribution >= 4 is 16.0 Å². The predicted octanol–water partition coefficient (Wildman–Crippen LogP) is 1.18. The summed E-state index contributed by atoms with van der Waals surface area (Å²) >= 11 is 0. The number of aryl methyl sites for hydroxylation is 2. The van der Waals surface area contributed by atoms with Crippen LogP contribution < -0.4 is 4.72 Å². The lowest BCUT2D eigenvalue weighted by Gasteiger charge is -2.28. The van der Waals surface area contributed by atoms with Gasteiger partial charge in [0.15, 0.2) is 0 Å². The van der Waals surface area contributed by atoms with Gasteiger partial charge >= 0.3 is 5.97 Å². The van der Waals surface area contributed by atoms with E-state index in [9.17, 15) is 23.4 Å². The van der Waals surface area contributed by atoms with E-state index in [-0.39, 0.29) is 22.0 Å². The lowest BCUT2D eigenvalue weighted by Crippen LogP contribution is -2.45. The van der Waals surface area contributed by atoms with Crippen molar-refractivity contribution in [2.24, 2.45) is 0 Å². The average Bonchev–Trinajstić information content (AvgIpc) is 2.67. The Bertz CT molecular complexity index is 648. The van der Waals surface area contributed by atoms with E-state index in [0.717, 1.165) is 12.8 Å². The minimum absolute atomic E-state index is 0.0303. The van der Waals surface area contributed by atoms with Gasteiger partial charge in [-0.2, -0.15) is 0 Å². The molecule has 0 amide bonds. The third kappa shape index (κ3) is 3.12. The van der Waals surface area contributed by atoms with Crippen LogP contribution in [0.3, 0.4) is 0 Å². The molecular formula is C13H19NO6S. The summed E-state index contributed by atoms with van der Waals surface area (Å²) in [5.41, 5.74) is -0.356. The zero-order chi connectivity index (χ0) is 15.8. The standard InChI is InChI=1S/C13H19NO6S/c1-7-11(13(16)17)12(8(2)20-7)21(18,19)14-9-5-3-4-6-10(9)15/h9-10,14-15H,3-6H2,1-2H3,(H,16,17). The van der Waals surface area contributed by atoms with E-state index in [1.165, 1.54) is 13.8 Å². The molecular weight excluding hydrogens is 298 g/mol. The molecule has 0 spiro atoms. The Labute approximate surface area is 123 Å². The molecule has 1 aliphatic carbocycles. The van der Waals surface area contributed by atoms with Crippen LogP contribution in [0.25, 0.3) is 0 Å². The molecule has 1 aromatic rings. The molecule has 0 radical (unpaired) electrons. The smallest absolute Gasteiger partial charge is 0.340 e. The first-order chi connectivity index (χ1) is 9.74. The number of carbonyl (C=O) groups is 1. The Morgan fingerprint density at radius 2 is 1.86 bits per heavy atom. The van der Waals surface area contributed by atoms with Crippen molar-refractivity contribution in [2.45, 2.75) is 56.6 Å². The highest BCUT2D eigenvalue weighted by atomic mass is 32.2. The number of hydrogen-bond acceptors (Lipinski definition) is 5. The normalized spacial score (nSPS) is 23.2. The van der Waals surface area contributed by atoms with Gasteiger partial charge < -0.3 is 14.6 Å². The minimum Gasteiger partial charge on any atom is -0.478 e. The number of carboxylic acid groups (broad SMARTS) is 1.